The van der Waals surface area contributed by atoms with Crippen LogP contribution in [0.4, 0.5) is 0 Å². The van der Waals surface area contributed by atoms with Crippen molar-refractivity contribution in [2.24, 2.45) is 0 Å². The molecule has 0 heterocycles. The molecule has 116 valence electrons. The van der Waals surface area contributed by atoms with Gasteiger partial charge in [-0.2, -0.15) is 0 Å². The summed E-state index contributed by atoms with van der Waals surface area (Å²) < 4.78 is 5.15. The normalized spacial score (nSPS) is 11.7. The highest BCUT2D eigenvalue weighted by atomic mass is 16.5. The van der Waals surface area contributed by atoms with E-state index in [0.717, 1.165) is 17.7 Å². The fourth-order valence-corrected chi connectivity index (χ4v) is 2.39. The first kappa shape index (κ1) is 16.1. The summed E-state index contributed by atoms with van der Waals surface area (Å²) in [6.07, 6.45) is 1.37. The van der Waals surface area contributed by atoms with Crippen molar-refractivity contribution in [1.82, 2.24) is 5.32 Å². The van der Waals surface area contributed by atoms with Crippen LogP contribution in [0.2, 0.25) is 0 Å². The average Bonchev–Trinajstić information content (AvgIpc) is 2.56. The zero-order valence-electron chi connectivity index (χ0n) is 13.2. The standard InChI is InChI=1S/C19H23NO2/c1-15(17-8-10-18(22-2)11-9-17)14-19(21)20-13-12-16-6-4-3-5-7-16/h3-11,15H,12-14H2,1-2H3,(H,20,21). The molecule has 1 N–H and O–H groups in total. The van der Waals surface area contributed by atoms with E-state index in [0.29, 0.717) is 13.0 Å². The summed E-state index contributed by atoms with van der Waals surface area (Å²) >= 11 is 0. The molecule has 2 aromatic carbocycles. The van der Waals surface area contributed by atoms with Crippen LogP contribution < -0.4 is 10.1 Å². The molecular weight excluding hydrogens is 274 g/mol. The Hall–Kier alpha value is -2.29. The largest absolute Gasteiger partial charge is 0.497 e. The number of amides is 1. The van der Waals surface area contributed by atoms with E-state index in [9.17, 15) is 4.79 Å². The third-order valence-electron chi connectivity index (χ3n) is 3.76. The summed E-state index contributed by atoms with van der Waals surface area (Å²) in [6.45, 7) is 2.75. The Balaban J connectivity index is 1.76. The van der Waals surface area contributed by atoms with Gasteiger partial charge in [0.05, 0.1) is 7.11 Å². The minimum Gasteiger partial charge on any atom is -0.497 e. The van der Waals surface area contributed by atoms with Crippen molar-refractivity contribution < 1.29 is 9.53 Å². The van der Waals surface area contributed by atoms with Crippen LogP contribution in [0.25, 0.3) is 0 Å². The molecule has 0 aliphatic carbocycles. The molecule has 1 amide bonds. The van der Waals surface area contributed by atoms with Crippen LogP contribution in [0.5, 0.6) is 5.75 Å². The van der Waals surface area contributed by atoms with Crippen molar-refractivity contribution in [3.63, 3.8) is 0 Å². The lowest BCUT2D eigenvalue weighted by atomic mass is 9.97. The number of benzene rings is 2. The van der Waals surface area contributed by atoms with Crippen LogP contribution in [0.15, 0.2) is 54.6 Å². The second-order valence-electron chi connectivity index (χ2n) is 5.46. The van der Waals surface area contributed by atoms with Crippen LogP contribution in [-0.2, 0) is 11.2 Å². The van der Waals surface area contributed by atoms with Crippen LogP contribution in [0.1, 0.15) is 30.4 Å². The molecule has 0 aliphatic heterocycles. The molecule has 2 rings (SSSR count). The first-order valence-corrected chi connectivity index (χ1v) is 7.63. The Bertz CT molecular complexity index is 578. The van der Waals surface area contributed by atoms with Crippen LogP contribution >= 0.6 is 0 Å². The predicted molar refractivity (Wildman–Crippen MR) is 89.2 cm³/mol. The molecule has 0 aromatic heterocycles. The average molecular weight is 297 g/mol. The van der Waals surface area contributed by atoms with Crippen molar-refractivity contribution in [3.05, 3.63) is 65.7 Å². The number of ether oxygens (including phenoxy) is 1. The molecule has 0 fully saturated rings. The number of nitrogens with one attached hydrogen (secondary N) is 1. The first-order chi connectivity index (χ1) is 10.7. The minimum atomic E-state index is 0.0965. The predicted octanol–water partition coefficient (Wildman–Crippen LogP) is 3.55. The van der Waals surface area contributed by atoms with Gasteiger partial charge < -0.3 is 10.1 Å². The number of hydrogen-bond donors (Lipinski definition) is 1. The zero-order chi connectivity index (χ0) is 15.8. The third-order valence-corrected chi connectivity index (χ3v) is 3.76. The van der Waals surface area contributed by atoms with Crippen LogP contribution in [0.3, 0.4) is 0 Å². The van der Waals surface area contributed by atoms with Gasteiger partial charge in [-0.25, -0.2) is 0 Å². The Morgan fingerprint density at radius 1 is 1.09 bits per heavy atom. The maximum atomic E-state index is 12.0. The highest BCUT2D eigenvalue weighted by molar-refractivity contribution is 5.76. The molecular formula is C19H23NO2. The highest BCUT2D eigenvalue weighted by Crippen LogP contribution is 2.21. The fraction of sp³-hybridized carbons (Fsp3) is 0.316. The lowest BCUT2D eigenvalue weighted by Gasteiger charge is -2.12. The minimum absolute atomic E-state index is 0.0965. The van der Waals surface area contributed by atoms with Gasteiger partial charge in [0.15, 0.2) is 0 Å². The molecule has 1 unspecified atom stereocenters. The molecule has 0 radical (unpaired) electrons. The fourth-order valence-electron chi connectivity index (χ4n) is 2.39. The lowest BCUT2D eigenvalue weighted by Crippen LogP contribution is -2.26. The van der Waals surface area contributed by atoms with Crippen molar-refractivity contribution in [2.75, 3.05) is 13.7 Å². The van der Waals surface area contributed by atoms with Gasteiger partial charge in [-0.05, 0) is 35.6 Å². The van der Waals surface area contributed by atoms with Crippen molar-refractivity contribution in [1.29, 1.82) is 0 Å². The smallest absolute Gasteiger partial charge is 0.220 e. The molecule has 22 heavy (non-hydrogen) atoms. The van der Waals surface area contributed by atoms with Gasteiger partial charge in [0, 0.05) is 13.0 Å². The van der Waals surface area contributed by atoms with Gasteiger partial charge in [-0.15, -0.1) is 0 Å². The lowest BCUT2D eigenvalue weighted by molar-refractivity contribution is -0.121. The number of rotatable bonds is 7. The molecule has 2 aromatic rings. The number of carbonyl (C=O) groups excluding carboxylic acids is 1. The molecule has 0 saturated heterocycles. The Kier molecular flexibility index (Phi) is 6.01. The Morgan fingerprint density at radius 2 is 1.77 bits per heavy atom. The Morgan fingerprint density at radius 3 is 2.41 bits per heavy atom. The molecule has 0 bridgehead atoms. The summed E-state index contributed by atoms with van der Waals surface area (Å²) in [4.78, 5) is 12.0. The summed E-state index contributed by atoms with van der Waals surface area (Å²) in [7, 11) is 1.65. The van der Waals surface area contributed by atoms with E-state index in [1.165, 1.54) is 5.56 Å². The van der Waals surface area contributed by atoms with Gasteiger partial charge in [0.25, 0.3) is 0 Å². The van der Waals surface area contributed by atoms with E-state index in [1.807, 2.05) is 42.5 Å². The van der Waals surface area contributed by atoms with Crippen molar-refractivity contribution in [3.8, 4) is 5.75 Å². The third kappa shape index (κ3) is 4.92. The number of methoxy groups -OCH3 is 1. The van der Waals surface area contributed by atoms with Crippen molar-refractivity contribution >= 4 is 5.91 Å². The van der Waals surface area contributed by atoms with E-state index in [4.69, 9.17) is 4.74 Å². The van der Waals surface area contributed by atoms with E-state index in [-0.39, 0.29) is 11.8 Å². The van der Waals surface area contributed by atoms with Gasteiger partial charge in [-0.1, -0.05) is 49.4 Å². The van der Waals surface area contributed by atoms with Gasteiger partial charge >= 0.3 is 0 Å². The molecule has 1 atom stereocenters. The van der Waals surface area contributed by atoms with E-state index in [2.05, 4.69) is 24.4 Å². The maximum absolute atomic E-state index is 12.0. The van der Waals surface area contributed by atoms with Gasteiger partial charge in [0.2, 0.25) is 5.91 Å². The zero-order valence-corrected chi connectivity index (χ0v) is 13.2. The quantitative estimate of drug-likeness (QED) is 0.849. The SMILES string of the molecule is COc1ccc(C(C)CC(=O)NCCc2ccccc2)cc1. The monoisotopic (exact) mass is 297 g/mol. The molecule has 0 spiro atoms. The molecule has 0 aliphatic rings. The van der Waals surface area contributed by atoms with Gasteiger partial charge in [0.1, 0.15) is 5.75 Å². The second kappa shape index (κ2) is 8.23. The second-order valence-corrected chi connectivity index (χ2v) is 5.46. The highest BCUT2D eigenvalue weighted by Gasteiger charge is 2.11. The summed E-state index contributed by atoms with van der Waals surface area (Å²) in [6, 6.07) is 18.1. The molecule has 3 heteroatoms. The van der Waals surface area contributed by atoms with E-state index < -0.39 is 0 Å². The Labute approximate surface area is 132 Å². The van der Waals surface area contributed by atoms with Crippen LogP contribution in [-0.4, -0.2) is 19.6 Å². The first-order valence-electron chi connectivity index (χ1n) is 7.63. The summed E-state index contributed by atoms with van der Waals surface area (Å²) in [5.41, 5.74) is 2.39. The van der Waals surface area contributed by atoms with Crippen molar-refractivity contribution in [2.45, 2.75) is 25.7 Å². The van der Waals surface area contributed by atoms with E-state index >= 15 is 0 Å². The topological polar surface area (TPSA) is 38.3 Å². The summed E-state index contributed by atoms with van der Waals surface area (Å²) in [5, 5.41) is 2.99. The maximum Gasteiger partial charge on any atom is 0.220 e. The van der Waals surface area contributed by atoms with Crippen LogP contribution in [0, 0.1) is 0 Å². The number of carbonyl (C=O) groups is 1. The van der Waals surface area contributed by atoms with E-state index in [1.54, 1.807) is 7.11 Å². The number of hydrogen-bond acceptors (Lipinski definition) is 2. The molecule has 0 saturated carbocycles. The molecule has 3 nitrogen and oxygen atoms in total. The van der Waals surface area contributed by atoms with Gasteiger partial charge in [-0.3, -0.25) is 4.79 Å². The summed E-state index contributed by atoms with van der Waals surface area (Å²) in [5.74, 6) is 1.13.